The topological polar surface area (TPSA) is 18.5 Å². The van der Waals surface area contributed by atoms with Crippen molar-refractivity contribution in [3.8, 4) is 0 Å². The zero-order chi connectivity index (χ0) is 7.89. The average molecular weight is 176 g/mol. The van der Waals surface area contributed by atoms with Crippen LogP contribution in [0.25, 0.3) is 0 Å². The highest BCUT2D eigenvalue weighted by molar-refractivity contribution is 5.32. The summed E-state index contributed by atoms with van der Waals surface area (Å²) in [6, 6.07) is 0. The number of hydrogen-bond acceptors (Lipinski definition) is 2. The summed E-state index contributed by atoms with van der Waals surface area (Å²) in [6.07, 6.45) is 1.98. The van der Waals surface area contributed by atoms with Gasteiger partial charge in [0.15, 0.2) is 0 Å². The van der Waals surface area contributed by atoms with Crippen molar-refractivity contribution < 1.29 is 9.47 Å². The summed E-state index contributed by atoms with van der Waals surface area (Å²) >= 11 is 0. The van der Waals surface area contributed by atoms with Crippen LogP contribution in [0.5, 0.6) is 0 Å². The maximum Gasteiger partial charge on any atom is 0.0671 e. The number of ether oxygens (including phenoxy) is 2. The third-order valence-corrected chi connectivity index (χ3v) is 6.28. The van der Waals surface area contributed by atoms with Crippen molar-refractivity contribution in [3.05, 3.63) is 0 Å². The highest BCUT2D eigenvalue weighted by atomic mass is 16.5. The Hall–Kier alpha value is -0.0800. The van der Waals surface area contributed by atoms with Crippen LogP contribution >= 0.6 is 0 Å². The molecular weight excluding hydrogens is 164 g/mol. The van der Waals surface area contributed by atoms with Crippen molar-refractivity contribution in [1.29, 1.82) is 0 Å². The Kier molecular flexibility index (Phi) is 0.577. The van der Waals surface area contributed by atoms with Gasteiger partial charge in [-0.05, 0) is 35.5 Å². The van der Waals surface area contributed by atoms with E-state index < -0.39 is 0 Å². The minimum absolute atomic E-state index is 0.638. The molecule has 0 aromatic rings. The molecule has 7 fully saturated rings. The zero-order valence-corrected chi connectivity index (χ0v) is 7.30. The lowest BCUT2D eigenvalue weighted by atomic mass is 9.56. The molecule has 2 nitrogen and oxygen atoms in total. The Morgan fingerprint density at radius 1 is 0.692 bits per heavy atom. The summed E-state index contributed by atoms with van der Waals surface area (Å²) in [4.78, 5) is 0. The Bertz CT molecular complexity index is 301. The monoisotopic (exact) mass is 176 g/mol. The summed E-state index contributed by atoms with van der Waals surface area (Å²) in [5, 5.41) is 0. The van der Waals surface area contributed by atoms with Gasteiger partial charge in [0.25, 0.3) is 0 Å². The molecule has 0 unspecified atom stereocenters. The molecule has 13 heavy (non-hydrogen) atoms. The van der Waals surface area contributed by atoms with Gasteiger partial charge >= 0.3 is 0 Å². The molecule has 0 aromatic carbocycles. The fourth-order valence-corrected chi connectivity index (χ4v) is 6.38. The first-order valence-electron chi connectivity index (χ1n) is 5.74. The van der Waals surface area contributed by atoms with Crippen LogP contribution in [0.2, 0.25) is 0 Å². The fourth-order valence-electron chi connectivity index (χ4n) is 6.38. The van der Waals surface area contributed by atoms with Crippen LogP contribution in [-0.4, -0.2) is 24.9 Å². The molecule has 10 atom stereocenters. The third kappa shape index (κ3) is 0.316. The second kappa shape index (κ2) is 1.31. The van der Waals surface area contributed by atoms with E-state index >= 15 is 0 Å². The lowest BCUT2D eigenvalue weighted by molar-refractivity contribution is -0.184. The van der Waals surface area contributed by atoms with E-state index in [2.05, 4.69) is 0 Å². The highest BCUT2D eigenvalue weighted by Gasteiger charge is 2.86. The number of rotatable bonds is 0. The summed E-state index contributed by atoms with van der Waals surface area (Å²) < 4.78 is 12.1. The van der Waals surface area contributed by atoms with E-state index in [1.165, 1.54) is 0 Å². The van der Waals surface area contributed by atoms with Crippen LogP contribution in [0.1, 0.15) is 0 Å². The zero-order valence-electron chi connectivity index (χ0n) is 7.30. The van der Waals surface area contributed by atoms with E-state index in [-0.39, 0.29) is 0 Å². The van der Waals surface area contributed by atoms with Crippen LogP contribution in [0.4, 0.5) is 0 Å². The van der Waals surface area contributed by atoms with Crippen LogP contribution in [0, 0.1) is 41.4 Å². The minimum atomic E-state index is 0.638. The Morgan fingerprint density at radius 3 is 2.46 bits per heavy atom. The second-order valence-electron chi connectivity index (χ2n) is 5.99. The van der Waals surface area contributed by atoms with Gasteiger partial charge in [0.2, 0.25) is 0 Å². The average Bonchev–Trinajstić information content (AvgIpc) is 2.65. The molecule has 7 rings (SSSR count). The molecule has 4 saturated heterocycles. The standard InChI is InChI=1S/C11H12O2/c1-2-3-5-7-6(3)10-4(2)8(9(5)12-1)11(7)13-10/h2-11H,1H2/t2-,3-,4+,5+,6+,7+,8+,9-,10-,11-/m0/s1. The van der Waals surface area contributed by atoms with Gasteiger partial charge in [0.1, 0.15) is 0 Å². The molecule has 3 saturated carbocycles. The molecule has 0 amide bonds. The van der Waals surface area contributed by atoms with E-state index in [1.807, 2.05) is 0 Å². The molecule has 68 valence electrons. The van der Waals surface area contributed by atoms with Crippen molar-refractivity contribution in [2.75, 3.05) is 6.61 Å². The summed E-state index contributed by atoms with van der Waals surface area (Å²) in [5.41, 5.74) is 0. The van der Waals surface area contributed by atoms with E-state index in [0.29, 0.717) is 18.3 Å². The highest BCUT2D eigenvalue weighted by Crippen LogP contribution is 2.81. The predicted octanol–water partition coefficient (Wildman–Crippen LogP) is 0.520. The molecule has 0 radical (unpaired) electrons. The van der Waals surface area contributed by atoms with Gasteiger partial charge in [0, 0.05) is 5.92 Å². The lowest BCUT2D eigenvalue weighted by Crippen LogP contribution is -2.55. The molecule has 7 aliphatic rings. The van der Waals surface area contributed by atoms with Gasteiger partial charge in [-0.15, -0.1) is 0 Å². The van der Waals surface area contributed by atoms with E-state index in [9.17, 15) is 0 Å². The van der Waals surface area contributed by atoms with Crippen molar-refractivity contribution in [3.63, 3.8) is 0 Å². The van der Waals surface area contributed by atoms with Gasteiger partial charge in [-0.1, -0.05) is 0 Å². The van der Waals surface area contributed by atoms with Gasteiger partial charge in [-0.2, -0.15) is 0 Å². The first kappa shape index (κ1) is 5.72. The molecule has 4 aliphatic heterocycles. The van der Waals surface area contributed by atoms with Crippen molar-refractivity contribution in [2.45, 2.75) is 18.3 Å². The lowest BCUT2D eigenvalue weighted by Gasteiger charge is -2.53. The summed E-state index contributed by atoms with van der Waals surface area (Å²) in [5.74, 6) is 6.63. The van der Waals surface area contributed by atoms with Gasteiger partial charge < -0.3 is 9.47 Å². The quantitative estimate of drug-likeness (QED) is 0.535. The van der Waals surface area contributed by atoms with Gasteiger partial charge in [-0.25, -0.2) is 0 Å². The maximum absolute atomic E-state index is 6.17. The first-order chi connectivity index (χ1) is 6.47. The minimum Gasteiger partial charge on any atom is -0.377 e. The summed E-state index contributed by atoms with van der Waals surface area (Å²) in [6.45, 7) is 1.07. The molecule has 4 heterocycles. The molecular formula is C11H12O2. The van der Waals surface area contributed by atoms with Crippen molar-refractivity contribution in [1.82, 2.24) is 0 Å². The molecule has 4 bridgehead atoms. The van der Waals surface area contributed by atoms with E-state index in [0.717, 1.165) is 48.0 Å². The summed E-state index contributed by atoms with van der Waals surface area (Å²) in [7, 11) is 0. The van der Waals surface area contributed by atoms with Crippen LogP contribution in [-0.2, 0) is 9.47 Å². The first-order valence-corrected chi connectivity index (χ1v) is 5.74. The largest absolute Gasteiger partial charge is 0.377 e. The van der Waals surface area contributed by atoms with Gasteiger partial charge in [-0.3, -0.25) is 0 Å². The van der Waals surface area contributed by atoms with Crippen molar-refractivity contribution >= 4 is 0 Å². The maximum atomic E-state index is 6.17. The Labute approximate surface area is 76.6 Å². The molecule has 0 aromatic heterocycles. The third-order valence-electron chi connectivity index (χ3n) is 6.28. The molecule has 0 spiro atoms. The Balaban J connectivity index is 1.78. The normalized spacial score (nSPS) is 88.6. The van der Waals surface area contributed by atoms with Crippen LogP contribution in [0.15, 0.2) is 0 Å². The van der Waals surface area contributed by atoms with E-state index in [4.69, 9.17) is 9.47 Å². The predicted molar refractivity (Wildman–Crippen MR) is 42.8 cm³/mol. The number of hydrogen-bond donors (Lipinski definition) is 0. The van der Waals surface area contributed by atoms with E-state index in [1.54, 1.807) is 0 Å². The smallest absolute Gasteiger partial charge is 0.0671 e. The van der Waals surface area contributed by atoms with Crippen LogP contribution < -0.4 is 0 Å². The molecule has 3 aliphatic carbocycles. The fraction of sp³-hybridized carbons (Fsp3) is 1.00. The van der Waals surface area contributed by atoms with Gasteiger partial charge in [0.05, 0.1) is 24.9 Å². The Morgan fingerprint density at radius 2 is 1.46 bits per heavy atom. The van der Waals surface area contributed by atoms with Crippen molar-refractivity contribution in [2.24, 2.45) is 41.4 Å². The SMILES string of the molecule is C1O[C@@H]2[C@@H]3[C@H]4O[C@@H]5[C@@H]6[C@@H]([C@H]1[C@@H]53)[C@@H]2[C@@H]46. The number of fused-ring (bicyclic) bond motifs is 1. The second-order valence-corrected chi connectivity index (χ2v) is 5.99. The molecule has 0 N–H and O–H groups in total. The molecule has 2 heteroatoms. The van der Waals surface area contributed by atoms with Crippen LogP contribution in [0.3, 0.4) is 0 Å².